The second kappa shape index (κ2) is 4.65. The molecule has 0 aliphatic heterocycles. The summed E-state index contributed by atoms with van der Waals surface area (Å²) in [5.41, 5.74) is -0.161. The Morgan fingerprint density at radius 2 is 2.27 bits per heavy atom. The highest BCUT2D eigenvalue weighted by Gasteiger charge is 2.21. The standard InChI is InChI=1S/C9H8BrF2NO2/c1-4-7(9(14)15)5(2-10)6(3-13-4)8(11)12/h3,8H,2H2,1H3,(H,14,15). The topological polar surface area (TPSA) is 50.2 Å². The molecule has 1 heterocycles. The van der Waals surface area contributed by atoms with Crippen molar-refractivity contribution in [2.45, 2.75) is 18.7 Å². The smallest absolute Gasteiger partial charge is 0.337 e. The van der Waals surface area contributed by atoms with Gasteiger partial charge in [0.2, 0.25) is 0 Å². The summed E-state index contributed by atoms with van der Waals surface area (Å²) in [5, 5.41) is 8.95. The van der Waals surface area contributed by atoms with E-state index in [0.717, 1.165) is 6.20 Å². The average Bonchev–Trinajstić information content (AvgIpc) is 2.15. The minimum absolute atomic E-state index is 0.0671. The summed E-state index contributed by atoms with van der Waals surface area (Å²) in [6.45, 7) is 1.48. The largest absolute Gasteiger partial charge is 0.478 e. The number of carboxylic acids is 1. The molecule has 82 valence electrons. The van der Waals surface area contributed by atoms with Crippen LogP contribution >= 0.6 is 15.9 Å². The van der Waals surface area contributed by atoms with E-state index < -0.39 is 12.4 Å². The van der Waals surface area contributed by atoms with E-state index in [0.29, 0.717) is 0 Å². The number of nitrogens with zero attached hydrogens (tertiary/aromatic N) is 1. The minimum atomic E-state index is -2.72. The van der Waals surface area contributed by atoms with Gasteiger partial charge in [-0.3, -0.25) is 4.98 Å². The number of aromatic nitrogens is 1. The predicted molar refractivity (Wildman–Crippen MR) is 53.5 cm³/mol. The fourth-order valence-electron chi connectivity index (χ4n) is 1.29. The maximum Gasteiger partial charge on any atom is 0.337 e. The fourth-order valence-corrected chi connectivity index (χ4v) is 1.89. The Morgan fingerprint density at radius 1 is 1.67 bits per heavy atom. The Balaban J connectivity index is 3.47. The van der Waals surface area contributed by atoms with Crippen molar-refractivity contribution in [3.63, 3.8) is 0 Å². The van der Waals surface area contributed by atoms with Gasteiger partial charge in [0.1, 0.15) is 0 Å². The summed E-state index contributed by atoms with van der Waals surface area (Å²) in [6, 6.07) is 0. The van der Waals surface area contributed by atoms with E-state index >= 15 is 0 Å². The van der Waals surface area contributed by atoms with Gasteiger partial charge in [-0.1, -0.05) is 15.9 Å². The first-order valence-corrected chi connectivity index (χ1v) is 5.17. The first kappa shape index (κ1) is 12.0. The first-order valence-electron chi connectivity index (χ1n) is 4.04. The van der Waals surface area contributed by atoms with E-state index in [1.165, 1.54) is 6.92 Å². The molecule has 0 bridgehead atoms. The van der Waals surface area contributed by atoms with Crippen LogP contribution in [0.4, 0.5) is 8.78 Å². The van der Waals surface area contributed by atoms with Gasteiger partial charge in [-0.2, -0.15) is 0 Å². The SMILES string of the molecule is Cc1ncc(C(F)F)c(CBr)c1C(=O)O. The molecule has 0 aliphatic rings. The number of halogens is 3. The summed E-state index contributed by atoms with van der Waals surface area (Å²) >= 11 is 3.01. The molecule has 0 saturated heterocycles. The highest BCUT2D eigenvalue weighted by Crippen LogP contribution is 2.27. The van der Waals surface area contributed by atoms with Gasteiger partial charge in [0, 0.05) is 17.1 Å². The maximum atomic E-state index is 12.5. The lowest BCUT2D eigenvalue weighted by Gasteiger charge is -2.11. The molecule has 0 atom stereocenters. The fraction of sp³-hybridized carbons (Fsp3) is 0.333. The van der Waals surface area contributed by atoms with Crippen molar-refractivity contribution in [1.82, 2.24) is 4.98 Å². The van der Waals surface area contributed by atoms with Crippen molar-refractivity contribution in [2.75, 3.05) is 0 Å². The second-order valence-corrected chi connectivity index (χ2v) is 3.45. The quantitative estimate of drug-likeness (QED) is 0.866. The van der Waals surface area contributed by atoms with Crippen molar-refractivity contribution in [3.8, 4) is 0 Å². The zero-order chi connectivity index (χ0) is 11.6. The molecule has 1 aromatic heterocycles. The average molecular weight is 280 g/mol. The normalized spacial score (nSPS) is 10.7. The van der Waals surface area contributed by atoms with E-state index in [2.05, 4.69) is 20.9 Å². The summed E-state index contributed by atoms with van der Waals surface area (Å²) in [4.78, 5) is 14.5. The molecule has 0 fully saturated rings. The molecule has 15 heavy (non-hydrogen) atoms. The Bertz CT molecular complexity index is 396. The predicted octanol–water partition coefficient (Wildman–Crippen LogP) is 2.92. The molecule has 0 spiro atoms. The molecule has 1 N–H and O–H groups in total. The molecule has 1 aromatic rings. The highest BCUT2D eigenvalue weighted by molar-refractivity contribution is 9.08. The number of hydrogen-bond acceptors (Lipinski definition) is 2. The number of hydrogen-bond donors (Lipinski definition) is 1. The second-order valence-electron chi connectivity index (χ2n) is 2.89. The molecular weight excluding hydrogens is 272 g/mol. The molecule has 0 saturated carbocycles. The molecular formula is C9H8BrF2NO2. The van der Waals surface area contributed by atoms with Gasteiger partial charge in [-0.05, 0) is 12.5 Å². The Kier molecular flexibility index (Phi) is 3.73. The molecule has 0 aliphatic carbocycles. The van der Waals surface area contributed by atoms with Crippen LogP contribution in [-0.2, 0) is 5.33 Å². The van der Waals surface area contributed by atoms with Crippen molar-refractivity contribution in [3.05, 3.63) is 28.6 Å². The van der Waals surface area contributed by atoms with Crippen molar-refractivity contribution in [2.24, 2.45) is 0 Å². The van der Waals surface area contributed by atoms with E-state index in [4.69, 9.17) is 5.11 Å². The summed E-state index contributed by atoms with van der Waals surface area (Å²) < 4.78 is 25.1. The highest BCUT2D eigenvalue weighted by atomic mass is 79.9. The van der Waals surface area contributed by atoms with Crippen molar-refractivity contribution < 1.29 is 18.7 Å². The maximum absolute atomic E-state index is 12.5. The van der Waals surface area contributed by atoms with Crippen LogP contribution in [0.5, 0.6) is 0 Å². The monoisotopic (exact) mass is 279 g/mol. The summed E-state index contributed by atoms with van der Waals surface area (Å²) in [6.07, 6.45) is -1.70. The molecule has 3 nitrogen and oxygen atoms in total. The Labute approximate surface area is 93.3 Å². The van der Waals surface area contributed by atoms with E-state index in [1.54, 1.807) is 0 Å². The molecule has 0 aromatic carbocycles. The summed E-state index contributed by atoms with van der Waals surface area (Å²) in [5.74, 6) is -1.24. The van der Waals surface area contributed by atoms with Gasteiger partial charge >= 0.3 is 5.97 Å². The van der Waals surface area contributed by atoms with E-state index in [9.17, 15) is 13.6 Å². The van der Waals surface area contributed by atoms with Gasteiger partial charge in [-0.25, -0.2) is 13.6 Å². The molecule has 6 heteroatoms. The van der Waals surface area contributed by atoms with E-state index in [-0.39, 0.29) is 27.7 Å². The molecule has 0 unspecified atom stereocenters. The number of rotatable bonds is 3. The van der Waals surface area contributed by atoms with Crippen molar-refractivity contribution >= 4 is 21.9 Å². The number of aromatic carboxylic acids is 1. The van der Waals surface area contributed by atoms with Crippen LogP contribution in [0.1, 0.15) is 33.6 Å². The van der Waals surface area contributed by atoms with Crippen LogP contribution in [0.25, 0.3) is 0 Å². The third-order valence-electron chi connectivity index (χ3n) is 1.99. The Hall–Kier alpha value is -1.04. The van der Waals surface area contributed by atoms with Crippen molar-refractivity contribution in [1.29, 1.82) is 0 Å². The van der Waals surface area contributed by atoms with E-state index in [1.807, 2.05) is 0 Å². The van der Waals surface area contributed by atoms with Crippen LogP contribution in [0, 0.1) is 6.92 Å². The molecule has 0 amide bonds. The van der Waals surface area contributed by atoms with Gasteiger partial charge in [0.25, 0.3) is 6.43 Å². The van der Waals surface area contributed by atoms with Crippen LogP contribution in [-0.4, -0.2) is 16.1 Å². The first-order chi connectivity index (χ1) is 6.99. The number of carbonyl (C=O) groups is 1. The van der Waals surface area contributed by atoms with Crippen LogP contribution < -0.4 is 0 Å². The third-order valence-corrected chi connectivity index (χ3v) is 2.55. The molecule has 1 rings (SSSR count). The number of aryl methyl sites for hydroxylation is 1. The molecule has 0 radical (unpaired) electrons. The summed E-state index contributed by atoms with van der Waals surface area (Å²) in [7, 11) is 0. The minimum Gasteiger partial charge on any atom is -0.478 e. The number of alkyl halides is 3. The Morgan fingerprint density at radius 3 is 2.67 bits per heavy atom. The lowest BCUT2D eigenvalue weighted by molar-refractivity contribution is 0.0694. The zero-order valence-electron chi connectivity index (χ0n) is 7.80. The van der Waals surface area contributed by atoms with Crippen LogP contribution in [0.3, 0.4) is 0 Å². The van der Waals surface area contributed by atoms with Gasteiger partial charge < -0.3 is 5.11 Å². The van der Waals surface area contributed by atoms with Crippen LogP contribution in [0.2, 0.25) is 0 Å². The van der Waals surface area contributed by atoms with Gasteiger partial charge in [-0.15, -0.1) is 0 Å². The zero-order valence-corrected chi connectivity index (χ0v) is 9.38. The van der Waals surface area contributed by atoms with Gasteiger partial charge in [0.05, 0.1) is 11.3 Å². The lowest BCUT2D eigenvalue weighted by Crippen LogP contribution is -2.09. The van der Waals surface area contributed by atoms with Gasteiger partial charge in [0.15, 0.2) is 0 Å². The third kappa shape index (κ3) is 2.31. The van der Waals surface area contributed by atoms with Crippen LogP contribution in [0.15, 0.2) is 6.20 Å². The number of carboxylic acid groups (broad SMARTS) is 1. The lowest BCUT2D eigenvalue weighted by atomic mass is 10.0. The number of pyridine rings is 1.